The topological polar surface area (TPSA) is 47.0 Å². The number of hydrogen-bond donors (Lipinski definition) is 0. The standard InChI is InChI=1S/C14H14FNO2S/c1-11(12-6-2-3-7-13(12)15)10-19(17,18)14-8-4-5-9-16-14/h2-9,11H,10H2,1H3/t11-/m1/s1. The molecule has 2 aromatic rings. The summed E-state index contributed by atoms with van der Waals surface area (Å²) in [7, 11) is -3.50. The van der Waals surface area contributed by atoms with Crippen molar-refractivity contribution >= 4 is 9.84 Å². The Morgan fingerprint density at radius 3 is 2.47 bits per heavy atom. The van der Waals surface area contributed by atoms with Gasteiger partial charge in [0.15, 0.2) is 14.9 Å². The quantitative estimate of drug-likeness (QED) is 0.864. The number of aromatic nitrogens is 1. The maximum Gasteiger partial charge on any atom is 0.196 e. The van der Waals surface area contributed by atoms with Crippen LogP contribution in [0.3, 0.4) is 0 Å². The lowest BCUT2D eigenvalue weighted by molar-refractivity contribution is 0.576. The number of nitrogens with zero attached hydrogens (tertiary/aromatic N) is 1. The van der Waals surface area contributed by atoms with Gasteiger partial charge in [0.1, 0.15) is 5.82 Å². The summed E-state index contributed by atoms with van der Waals surface area (Å²) in [6.45, 7) is 1.69. The fourth-order valence-corrected chi connectivity index (χ4v) is 3.43. The van der Waals surface area contributed by atoms with Gasteiger partial charge in [-0.25, -0.2) is 17.8 Å². The second-order valence-corrected chi connectivity index (χ2v) is 6.35. The van der Waals surface area contributed by atoms with E-state index in [2.05, 4.69) is 4.98 Å². The highest BCUT2D eigenvalue weighted by atomic mass is 32.2. The van der Waals surface area contributed by atoms with Crippen LogP contribution < -0.4 is 0 Å². The molecule has 1 atom stereocenters. The minimum absolute atomic E-state index is 0.0261. The first kappa shape index (κ1) is 13.7. The first-order chi connectivity index (χ1) is 9.00. The van der Waals surface area contributed by atoms with Crippen molar-refractivity contribution in [1.82, 2.24) is 4.98 Å². The summed E-state index contributed by atoms with van der Waals surface area (Å²) in [5.74, 6) is -0.968. The van der Waals surface area contributed by atoms with Crippen LogP contribution in [-0.4, -0.2) is 19.2 Å². The third kappa shape index (κ3) is 3.17. The van der Waals surface area contributed by atoms with Gasteiger partial charge in [-0.05, 0) is 29.7 Å². The number of pyridine rings is 1. The predicted octanol–water partition coefficient (Wildman–Crippen LogP) is 2.80. The smallest absolute Gasteiger partial charge is 0.196 e. The monoisotopic (exact) mass is 279 g/mol. The van der Waals surface area contributed by atoms with Crippen molar-refractivity contribution < 1.29 is 12.8 Å². The van der Waals surface area contributed by atoms with Gasteiger partial charge in [-0.1, -0.05) is 31.2 Å². The fraction of sp³-hybridized carbons (Fsp3) is 0.214. The molecule has 0 aliphatic carbocycles. The van der Waals surface area contributed by atoms with E-state index < -0.39 is 15.8 Å². The Bertz CT molecular complexity index is 656. The van der Waals surface area contributed by atoms with Gasteiger partial charge in [0.25, 0.3) is 0 Å². The van der Waals surface area contributed by atoms with Crippen LogP contribution in [0.25, 0.3) is 0 Å². The van der Waals surface area contributed by atoms with Crippen molar-refractivity contribution in [2.45, 2.75) is 17.9 Å². The Morgan fingerprint density at radius 1 is 1.16 bits per heavy atom. The van der Waals surface area contributed by atoms with E-state index in [-0.39, 0.29) is 16.6 Å². The van der Waals surface area contributed by atoms with E-state index in [4.69, 9.17) is 0 Å². The molecule has 0 unspecified atom stereocenters. The molecule has 0 aliphatic heterocycles. The van der Waals surface area contributed by atoms with Crippen molar-refractivity contribution in [2.75, 3.05) is 5.75 Å². The first-order valence-electron chi connectivity index (χ1n) is 5.89. The fourth-order valence-electron chi connectivity index (χ4n) is 1.91. The van der Waals surface area contributed by atoms with Gasteiger partial charge in [-0.3, -0.25) is 0 Å². The van der Waals surface area contributed by atoms with Crippen molar-refractivity contribution in [1.29, 1.82) is 0 Å². The van der Waals surface area contributed by atoms with Crippen molar-refractivity contribution in [3.8, 4) is 0 Å². The molecular formula is C14H14FNO2S. The second-order valence-electron chi connectivity index (χ2n) is 4.37. The Hall–Kier alpha value is -1.75. The molecule has 0 N–H and O–H groups in total. The zero-order valence-electron chi connectivity index (χ0n) is 10.5. The van der Waals surface area contributed by atoms with Crippen LogP contribution in [0, 0.1) is 5.82 Å². The Labute approximate surface area is 112 Å². The van der Waals surface area contributed by atoms with E-state index in [1.807, 2.05) is 0 Å². The van der Waals surface area contributed by atoms with E-state index >= 15 is 0 Å². The van der Waals surface area contributed by atoms with E-state index in [9.17, 15) is 12.8 Å². The predicted molar refractivity (Wildman–Crippen MR) is 71.1 cm³/mol. The minimum Gasteiger partial charge on any atom is -0.245 e. The molecule has 0 radical (unpaired) electrons. The summed E-state index contributed by atoms with van der Waals surface area (Å²) in [5, 5.41) is 0.0261. The van der Waals surface area contributed by atoms with Crippen LogP contribution in [0.5, 0.6) is 0 Å². The van der Waals surface area contributed by atoms with E-state index in [1.54, 1.807) is 37.3 Å². The van der Waals surface area contributed by atoms with Crippen LogP contribution in [0.4, 0.5) is 4.39 Å². The van der Waals surface area contributed by atoms with Gasteiger partial charge in [0, 0.05) is 6.20 Å². The van der Waals surface area contributed by atoms with Crippen LogP contribution in [0.2, 0.25) is 0 Å². The third-order valence-electron chi connectivity index (χ3n) is 2.86. The number of sulfone groups is 1. The van der Waals surface area contributed by atoms with Crippen LogP contribution in [0.15, 0.2) is 53.7 Å². The van der Waals surface area contributed by atoms with Gasteiger partial charge in [0.2, 0.25) is 0 Å². The van der Waals surface area contributed by atoms with Crippen LogP contribution >= 0.6 is 0 Å². The average molecular weight is 279 g/mol. The van der Waals surface area contributed by atoms with Crippen molar-refractivity contribution in [3.63, 3.8) is 0 Å². The van der Waals surface area contributed by atoms with E-state index in [0.29, 0.717) is 5.56 Å². The Kier molecular flexibility index (Phi) is 3.95. The average Bonchev–Trinajstić information content (AvgIpc) is 2.39. The second kappa shape index (κ2) is 5.48. The van der Waals surface area contributed by atoms with Crippen molar-refractivity contribution in [3.05, 3.63) is 60.0 Å². The first-order valence-corrected chi connectivity index (χ1v) is 7.54. The largest absolute Gasteiger partial charge is 0.245 e. The Balaban J connectivity index is 2.24. The molecule has 0 aliphatic rings. The highest BCUT2D eigenvalue weighted by Gasteiger charge is 2.22. The number of halogens is 1. The van der Waals surface area contributed by atoms with Gasteiger partial charge in [0.05, 0.1) is 5.75 Å². The summed E-state index contributed by atoms with van der Waals surface area (Å²) in [6, 6.07) is 10.9. The molecule has 0 spiro atoms. The van der Waals surface area contributed by atoms with E-state index in [1.165, 1.54) is 18.3 Å². The maximum absolute atomic E-state index is 13.6. The SMILES string of the molecule is C[C@H](CS(=O)(=O)c1ccccn1)c1ccccc1F. The number of rotatable bonds is 4. The summed E-state index contributed by atoms with van der Waals surface area (Å²) in [5.41, 5.74) is 0.405. The molecule has 3 nitrogen and oxygen atoms in total. The normalized spacial score (nSPS) is 13.2. The lowest BCUT2D eigenvalue weighted by Crippen LogP contribution is -2.15. The molecule has 19 heavy (non-hydrogen) atoms. The molecular weight excluding hydrogens is 265 g/mol. The van der Waals surface area contributed by atoms with Gasteiger partial charge in [-0.2, -0.15) is 0 Å². The zero-order valence-corrected chi connectivity index (χ0v) is 11.3. The molecule has 0 saturated carbocycles. The molecule has 5 heteroatoms. The van der Waals surface area contributed by atoms with Gasteiger partial charge in [-0.15, -0.1) is 0 Å². The third-order valence-corrected chi connectivity index (χ3v) is 4.68. The van der Waals surface area contributed by atoms with Crippen LogP contribution in [-0.2, 0) is 9.84 Å². The summed E-state index contributed by atoms with van der Waals surface area (Å²) in [4.78, 5) is 3.84. The molecule has 2 rings (SSSR count). The van der Waals surface area contributed by atoms with Crippen LogP contribution in [0.1, 0.15) is 18.4 Å². The molecule has 0 bridgehead atoms. The molecule has 0 amide bonds. The molecule has 1 aromatic heterocycles. The number of benzene rings is 1. The minimum atomic E-state index is -3.50. The van der Waals surface area contributed by atoms with E-state index in [0.717, 1.165) is 0 Å². The summed E-state index contributed by atoms with van der Waals surface area (Å²) in [6.07, 6.45) is 1.43. The summed E-state index contributed by atoms with van der Waals surface area (Å²) < 4.78 is 37.9. The summed E-state index contributed by atoms with van der Waals surface area (Å²) >= 11 is 0. The molecule has 100 valence electrons. The highest BCUT2D eigenvalue weighted by Crippen LogP contribution is 2.22. The molecule has 1 heterocycles. The van der Waals surface area contributed by atoms with Gasteiger partial charge < -0.3 is 0 Å². The van der Waals surface area contributed by atoms with Gasteiger partial charge >= 0.3 is 0 Å². The number of hydrogen-bond acceptors (Lipinski definition) is 3. The molecule has 0 fully saturated rings. The van der Waals surface area contributed by atoms with Crippen molar-refractivity contribution in [2.24, 2.45) is 0 Å². The lowest BCUT2D eigenvalue weighted by Gasteiger charge is -2.12. The highest BCUT2D eigenvalue weighted by molar-refractivity contribution is 7.91. The Morgan fingerprint density at radius 2 is 1.84 bits per heavy atom. The molecule has 0 saturated heterocycles. The maximum atomic E-state index is 13.6. The lowest BCUT2D eigenvalue weighted by atomic mass is 10.0. The molecule has 1 aromatic carbocycles. The zero-order chi connectivity index (χ0) is 13.9.